The van der Waals surface area contributed by atoms with Crippen molar-refractivity contribution in [2.24, 2.45) is 0 Å². The number of ether oxygens (including phenoxy) is 1. The second-order valence-corrected chi connectivity index (χ2v) is 9.89. The molecule has 2 aliphatic heterocycles. The predicted molar refractivity (Wildman–Crippen MR) is 133 cm³/mol. The van der Waals surface area contributed by atoms with E-state index in [1.54, 1.807) is 0 Å². The minimum absolute atomic E-state index is 0.128. The lowest BCUT2D eigenvalue weighted by Gasteiger charge is -2.27. The third-order valence-corrected chi connectivity index (χ3v) is 7.66. The Morgan fingerprint density at radius 1 is 1.12 bits per heavy atom. The Balaban J connectivity index is 1.17. The average molecular weight is 474 g/mol. The first kappa shape index (κ1) is 21.5. The van der Waals surface area contributed by atoms with E-state index in [-0.39, 0.29) is 5.91 Å². The molecule has 3 aromatic heterocycles. The van der Waals surface area contributed by atoms with E-state index >= 15 is 0 Å². The summed E-state index contributed by atoms with van der Waals surface area (Å²) in [4.78, 5) is 22.6. The van der Waals surface area contributed by atoms with Gasteiger partial charge in [-0.25, -0.2) is 0 Å². The van der Waals surface area contributed by atoms with Crippen molar-refractivity contribution in [3.05, 3.63) is 81.7 Å². The van der Waals surface area contributed by atoms with Gasteiger partial charge in [0.25, 0.3) is 5.91 Å². The van der Waals surface area contributed by atoms with Crippen molar-refractivity contribution in [2.45, 2.75) is 19.4 Å². The molecule has 0 unspecified atom stereocenters. The van der Waals surface area contributed by atoms with Crippen molar-refractivity contribution in [1.82, 2.24) is 14.8 Å². The first-order valence-electron chi connectivity index (χ1n) is 11.8. The highest BCUT2D eigenvalue weighted by Crippen LogP contribution is 2.37. The fourth-order valence-electron chi connectivity index (χ4n) is 4.91. The molecule has 0 spiro atoms. The fourth-order valence-corrected chi connectivity index (χ4v) is 5.60. The molecule has 3 aliphatic rings. The van der Waals surface area contributed by atoms with Crippen molar-refractivity contribution in [3.8, 4) is 11.1 Å². The van der Waals surface area contributed by atoms with E-state index in [2.05, 4.69) is 29.2 Å². The van der Waals surface area contributed by atoms with E-state index in [0.29, 0.717) is 6.54 Å². The molecule has 0 N–H and O–H groups in total. The van der Waals surface area contributed by atoms with Crippen LogP contribution in [0.1, 0.15) is 33.1 Å². The molecule has 0 aromatic carbocycles. The summed E-state index contributed by atoms with van der Waals surface area (Å²) in [7, 11) is 0. The van der Waals surface area contributed by atoms with Crippen LogP contribution in [0.25, 0.3) is 16.7 Å². The number of hydrogen-bond donors (Lipinski definition) is 0. The summed E-state index contributed by atoms with van der Waals surface area (Å²) in [6.45, 7) is 5.65. The van der Waals surface area contributed by atoms with Gasteiger partial charge in [-0.3, -0.25) is 14.7 Å². The Labute approximate surface area is 203 Å². The van der Waals surface area contributed by atoms with E-state index < -0.39 is 0 Å². The van der Waals surface area contributed by atoms with Gasteiger partial charge in [-0.2, -0.15) is 0 Å². The molecule has 1 fully saturated rings. The lowest BCUT2D eigenvalue weighted by Crippen LogP contribution is -2.35. The van der Waals surface area contributed by atoms with Gasteiger partial charge < -0.3 is 14.1 Å². The second-order valence-electron chi connectivity index (χ2n) is 8.94. The number of pyridine rings is 1. The number of nitrogens with zero attached hydrogens (tertiary/aromatic N) is 3. The van der Waals surface area contributed by atoms with Gasteiger partial charge in [0, 0.05) is 55.5 Å². The number of fused-ring (bicyclic) bond motifs is 1. The number of allylic oxidation sites excluding steroid dienone is 2. The predicted octanol–water partition coefficient (Wildman–Crippen LogP) is 4.65. The van der Waals surface area contributed by atoms with Crippen molar-refractivity contribution in [2.75, 3.05) is 39.4 Å². The third kappa shape index (κ3) is 4.27. The molecular formula is C27H27N3O3S. The summed E-state index contributed by atoms with van der Waals surface area (Å²) in [6, 6.07) is 8.21. The van der Waals surface area contributed by atoms with Crippen molar-refractivity contribution >= 4 is 22.8 Å². The van der Waals surface area contributed by atoms with Gasteiger partial charge in [0.1, 0.15) is 5.76 Å². The van der Waals surface area contributed by atoms with Crippen LogP contribution in [0.3, 0.4) is 0 Å². The molecule has 1 amide bonds. The Bertz CT molecular complexity index is 1250. The molecule has 0 bridgehead atoms. The molecule has 0 radical (unpaired) electrons. The van der Waals surface area contributed by atoms with Crippen LogP contribution in [0.4, 0.5) is 0 Å². The van der Waals surface area contributed by atoms with Crippen LogP contribution in [0.2, 0.25) is 0 Å². The van der Waals surface area contributed by atoms with Crippen molar-refractivity contribution in [1.29, 1.82) is 0 Å². The SMILES string of the molecule is O=C(c1cccs1)N1CC=C(C2=CCc3ncc(-c4coc(CN5CCOCC5)c4)cc32)CC1. The molecule has 174 valence electrons. The highest BCUT2D eigenvalue weighted by atomic mass is 32.1. The van der Waals surface area contributed by atoms with Crippen LogP contribution in [0, 0.1) is 0 Å². The van der Waals surface area contributed by atoms with Gasteiger partial charge in [-0.15, -0.1) is 11.3 Å². The average Bonchev–Trinajstić information content (AvgIpc) is 3.65. The van der Waals surface area contributed by atoms with Gasteiger partial charge >= 0.3 is 0 Å². The molecule has 0 atom stereocenters. The number of aromatic nitrogens is 1. The van der Waals surface area contributed by atoms with Crippen molar-refractivity contribution < 1.29 is 13.9 Å². The maximum Gasteiger partial charge on any atom is 0.264 e. The Kier molecular flexibility index (Phi) is 5.91. The number of thiophene rings is 1. The van der Waals surface area contributed by atoms with Gasteiger partial charge in [-0.05, 0) is 41.1 Å². The van der Waals surface area contributed by atoms with Crippen molar-refractivity contribution in [3.63, 3.8) is 0 Å². The summed E-state index contributed by atoms with van der Waals surface area (Å²) in [5, 5.41) is 1.95. The molecule has 3 aromatic rings. The van der Waals surface area contributed by atoms with E-state index in [4.69, 9.17) is 14.1 Å². The van der Waals surface area contributed by atoms with Crippen LogP contribution < -0.4 is 0 Å². The topological polar surface area (TPSA) is 58.8 Å². The van der Waals surface area contributed by atoms with Crippen LogP contribution in [0.5, 0.6) is 0 Å². The van der Waals surface area contributed by atoms with Gasteiger partial charge in [0.05, 0.1) is 36.6 Å². The highest BCUT2D eigenvalue weighted by molar-refractivity contribution is 7.12. The molecular weight excluding hydrogens is 446 g/mol. The number of carbonyl (C=O) groups is 1. The maximum atomic E-state index is 12.7. The smallest absolute Gasteiger partial charge is 0.264 e. The lowest BCUT2D eigenvalue weighted by atomic mass is 9.94. The Morgan fingerprint density at radius 3 is 2.82 bits per heavy atom. The van der Waals surface area contributed by atoms with E-state index in [9.17, 15) is 4.79 Å². The summed E-state index contributed by atoms with van der Waals surface area (Å²) < 4.78 is 11.3. The number of amides is 1. The van der Waals surface area contributed by atoms with Crippen LogP contribution >= 0.6 is 11.3 Å². The van der Waals surface area contributed by atoms with Crippen LogP contribution in [-0.4, -0.2) is 60.1 Å². The number of hydrogen-bond acceptors (Lipinski definition) is 6. The maximum absolute atomic E-state index is 12.7. The summed E-state index contributed by atoms with van der Waals surface area (Å²) in [5.41, 5.74) is 7.05. The first-order chi connectivity index (χ1) is 16.7. The second kappa shape index (κ2) is 9.33. The lowest BCUT2D eigenvalue weighted by molar-refractivity contribution is 0.0313. The Hall–Kier alpha value is -3.00. The van der Waals surface area contributed by atoms with E-state index in [1.807, 2.05) is 34.9 Å². The molecule has 6 rings (SSSR count). The fraction of sp³-hybridized carbons (Fsp3) is 0.333. The minimum Gasteiger partial charge on any atom is -0.467 e. The molecule has 6 nitrogen and oxygen atoms in total. The molecule has 7 heteroatoms. The monoisotopic (exact) mass is 473 g/mol. The van der Waals surface area contributed by atoms with E-state index in [0.717, 1.165) is 79.7 Å². The zero-order valence-electron chi connectivity index (χ0n) is 19.0. The molecule has 1 aliphatic carbocycles. The quantitative estimate of drug-likeness (QED) is 0.540. The molecule has 34 heavy (non-hydrogen) atoms. The standard InChI is InChI=1S/C27H27N3O3S/c31-27(26-2-1-13-34-26)30-7-5-19(6-8-30)23-3-4-25-24(23)15-20(16-28-25)21-14-22(33-18-21)17-29-9-11-32-12-10-29/h1-3,5,13-16,18H,4,6-12,17H2. The van der Waals surface area contributed by atoms with Gasteiger partial charge in [-0.1, -0.05) is 18.2 Å². The zero-order chi connectivity index (χ0) is 22.9. The largest absolute Gasteiger partial charge is 0.467 e. The molecule has 1 saturated heterocycles. The van der Waals surface area contributed by atoms with Gasteiger partial charge in [0.2, 0.25) is 0 Å². The summed E-state index contributed by atoms with van der Waals surface area (Å²) in [5.74, 6) is 1.10. The third-order valence-electron chi connectivity index (χ3n) is 6.80. The number of furan rings is 1. The number of carbonyl (C=O) groups excluding carboxylic acids is 1. The number of rotatable bonds is 5. The molecule has 5 heterocycles. The highest BCUT2D eigenvalue weighted by Gasteiger charge is 2.25. The molecule has 0 saturated carbocycles. The first-order valence-corrected chi connectivity index (χ1v) is 12.7. The van der Waals surface area contributed by atoms with Crippen LogP contribution in [-0.2, 0) is 17.7 Å². The summed E-state index contributed by atoms with van der Waals surface area (Å²) >= 11 is 1.50. The van der Waals surface area contributed by atoms with Crippen LogP contribution in [0.15, 0.2) is 64.2 Å². The normalized spacial score (nSPS) is 18.5. The Morgan fingerprint density at radius 2 is 2.03 bits per heavy atom. The zero-order valence-corrected chi connectivity index (χ0v) is 19.9. The minimum atomic E-state index is 0.128. The summed E-state index contributed by atoms with van der Waals surface area (Å²) in [6.07, 6.45) is 10.0. The van der Waals surface area contributed by atoms with Gasteiger partial charge in [0.15, 0.2) is 0 Å². The number of morpholine rings is 1. The van der Waals surface area contributed by atoms with E-state index in [1.165, 1.54) is 28.0 Å².